The predicted molar refractivity (Wildman–Crippen MR) is 82.8 cm³/mol. The highest BCUT2D eigenvalue weighted by molar-refractivity contribution is 5.66. The fourth-order valence-electron chi connectivity index (χ4n) is 2.11. The first kappa shape index (κ1) is 17.4. The van der Waals surface area contributed by atoms with Crippen molar-refractivity contribution in [2.24, 2.45) is 0 Å². The first-order valence-electron chi connectivity index (χ1n) is 7.25. The molecule has 3 N–H and O–H groups in total. The minimum absolute atomic E-state index is 0.225. The quantitative estimate of drug-likeness (QED) is 0.769. The summed E-state index contributed by atoms with van der Waals surface area (Å²) in [6, 6.07) is 0. The number of hydrogen-bond acceptors (Lipinski definition) is 6. The summed E-state index contributed by atoms with van der Waals surface area (Å²) in [4.78, 5) is 18.6. The van der Waals surface area contributed by atoms with E-state index < -0.39 is 0 Å². The second kappa shape index (κ2) is 7.93. The van der Waals surface area contributed by atoms with Gasteiger partial charge in [0.1, 0.15) is 11.4 Å². The van der Waals surface area contributed by atoms with Gasteiger partial charge in [-0.1, -0.05) is 0 Å². The minimum Gasteiger partial charge on any atom is -0.460 e. The Labute approximate surface area is 126 Å². The highest BCUT2D eigenvalue weighted by atomic mass is 16.6. The van der Waals surface area contributed by atoms with Crippen LogP contribution in [-0.4, -0.2) is 34.6 Å². The van der Waals surface area contributed by atoms with Crippen LogP contribution in [-0.2, 0) is 9.53 Å². The lowest BCUT2D eigenvalue weighted by atomic mass is 9.95. The molecule has 0 aromatic carbocycles. The van der Waals surface area contributed by atoms with Crippen LogP contribution in [0.5, 0.6) is 0 Å². The van der Waals surface area contributed by atoms with Gasteiger partial charge in [0.25, 0.3) is 0 Å². The van der Waals surface area contributed by atoms with E-state index in [9.17, 15) is 4.79 Å². The van der Waals surface area contributed by atoms with E-state index in [2.05, 4.69) is 15.3 Å². The van der Waals surface area contributed by atoms with Gasteiger partial charge >= 0.3 is 5.97 Å². The number of nitrogens with one attached hydrogen (secondary N) is 1. The summed E-state index contributed by atoms with van der Waals surface area (Å²) in [6.45, 7) is 9.09. The van der Waals surface area contributed by atoms with Crippen LogP contribution in [0.1, 0.15) is 52.1 Å². The van der Waals surface area contributed by atoms with E-state index in [-0.39, 0.29) is 11.6 Å². The number of carbonyl (C=O) groups is 1. The zero-order valence-corrected chi connectivity index (χ0v) is 13.3. The molecule has 6 nitrogen and oxygen atoms in total. The molecule has 0 amide bonds. The summed E-state index contributed by atoms with van der Waals surface area (Å²) in [6.07, 6.45) is 5.74. The molecule has 6 heteroatoms. The third-order valence-electron chi connectivity index (χ3n) is 2.90. The monoisotopic (exact) mass is 294 g/mol. The fraction of sp³-hybridized carbons (Fsp3) is 0.667. The van der Waals surface area contributed by atoms with Crippen molar-refractivity contribution in [3.8, 4) is 0 Å². The van der Waals surface area contributed by atoms with Crippen molar-refractivity contribution < 1.29 is 9.53 Å². The molecule has 1 aromatic rings. The molecular formula is C15H26N4O2. The topological polar surface area (TPSA) is 90.1 Å². The molecule has 0 spiro atoms. The molecule has 1 fully saturated rings. The van der Waals surface area contributed by atoms with Gasteiger partial charge in [-0.25, -0.2) is 4.98 Å². The summed E-state index contributed by atoms with van der Waals surface area (Å²) in [5.74, 6) is 0.838. The maximum atomic E-state index is 10.2. The van der Waals surface area contributed by atoms with Crippen molar-refractivity contribution in [3.05, 3.63) is 18.1 Å². The van der Waals surface area contributed by atoms with Gasteiger partial charge in [-0.15, -0.1) is 0 Å². The molecule has 0 aliphatic carbocycles. The van der Waals surface area contributed by atoms with Gasteiger partial charge in [0.05, 0.1) is 18.1 Å². The Bertz CT molecular complexity index is 434. The van der Waals surface area contributed by atoms with Gasteiger partial charge in [0.15, 0.2) is 0 Å². The number of piperidine rings is 1. The lowest BCUT2D eigenvalue weighted by Gasteiger charge is -2.21. The summed E-state index contributed by atoms with van der Waals surface area (Å²) >= 11 is 0. The number of nitrogen functional groups attached to an aromatic ring is 1. The first-order chi connectivity index (χ1) is 9.78. The van der Waals surface area contributed by atoms with E-state index in [0.717, 1.165) is 31.6 Å². The third kappa shape index (κ3) is 7.60. The predicted octanol–water partition coefficient (Wildman–Crippen LogP) is 1.87. The van der Waals surface area contributed by atoms with Crippen molar-refractivity contribution in [2.75, 3.05) is 18.8 Å². The summed E-state index contributed by atoms with van der Waals surface area (Å²) < 4.78 is 4.80. The van der Waals surface area contributed by atoms with E-state index in [1.807, 2.05) is 20.8 Å². The van der Waals surface area contributed by atoms with Gasteiger partial charge in [-0.05, 0) is 46.7 Å². The van der Waals surface area contributed by atoms with E-state index >= 15 is 0 Å². The smallest absolute Gasteiger partial charge is 0.303 e. The number of rotatable bonds is 1. The number of anilines is 1. The van der Waals surface area contributed by atoms with Crippen LogP contribution in [0, 0.1) is 0 Å². The Morgan fingerprint density at radius 3 is 2.29 bits per heavy atom. The summed E-state index contributed by atoms with van der Waals surface area (Å²) in [7, 11) is 0. The molecule has 2 rings (SSSR count). The molecule has 1 aromatic heterocycles. The molecule has 0 saturated carbocycles. The second-order valence-corrected chi connectivity index (χ2v) is 6.10. The van der Waals surface area contributed by atoms with Crippen LogP contribution in [0.2, 0.25) is 0 Å². The molecule has 0 bridgehead atoms. The number of aromatic nitrogens is 2. The van der Waals surface area contributed by atoms with Gasteiger partial charge in [-0.2, -0.15) is 0 Å². The summed E-state index contributed by atoms with van der Waals surface area (Å²) in [5, 5.41) is 3.32. The standard InChI is InChI=1S/C9H14N4.C6H12O2/c10-9-6-12-8(5-13-9)7-1-3-11-4-2-7;1-5(7)8-6(2,3)4/h5-7,11H,1-4H2,(H2,10,13);1-4H3. The van der Waals surface area contributed by atoms with Crippen LogP contribution in [0.15, 0.2) is 12.4 Å². The van der Waals surface area contributed by atoms with Crippen molar-refractivity contribution in [3.63, 3.8) is 0 Å². The van der Waals surface area contributed by atoms with Crippen molar-refractivity contribution in [2.45, 2.75) is 52.1 Å². The zero-order chi connectivity index (χ0) is 15.9. The van der Waals surface area contributed by atoms with Crippen LogP contribution >= 0.6 is 0 Å². The maximum absolute atomic E-state index is 10.2. The Morgan fingerprint density at radius 1 is 1.29 bits per heavy atom. The average Bonchev–Trinajstić information content (AvgIpc) is 2.38. The molecule has 1 saturated heterocycles. The van der Waals surface area contributed by atoms with Gasteiger partial charge < -0.3 is 15.8 Å². The highest BCUT2D eigenvalue weighted by Crippen LogP contribution is 2.22. The molecular weight excluding hydrogens is 268 g/mol. The Balaban J connectivity index is 0.000000240. The molecule has 1 aliphatic heterocycles. The third-order valence-corrected chi connectivity index (χ3v) is 2.90. The van der Waals surface area contributed by atoms with Crippen LogP contribution in [0.3, 0.4) is 0 Å². The van der Waals surface area contributed by atoms with Gasteiger partial charge in [-0.3, -0.25) is 9.78 Å². The number of carbonyl (C=O) groups excluding carboxylic acids is 1. The van der Waals surface area contributed by atoms with E-state index in [0.29, 0.717) is 11.7 Å². The van der Waals surface area contributed by atoms with Crippen molar-refractivity contribution >= 4 is 11.8 Å². The van der Waals surface area contributed by atoms with Crippen molar-refractivity contribution in [1.29, 1.82) is 0 Å². The largest absolute Gasteiger partial charge is 0.460 e. The fourth-order valence-corrected chi connectivity index (χ4v) is 2.11. The Kier molecular flexibility index (Phi) is 6.55. The Morgan fingerprint density at radius 2 is 1.90 bits per heavy atom. The normalized spacial score (nSPS) is 15.8. The zero-order valence-electron chi connectivity index (χ0n) is 13.3. The van der Waals surface area contributed by atoms with Gasteiger partial charge in [0, 0.05) is 12.8 Å². The highest BCUT2D eigenvalue weighted by Gasteiger charge is 2.16. The van der Waals surface area contributed by atoms with Crippen molar-refractivity contribution in [1.82, 2.24) is 15.3 Å². The SMILES string of the molecule is CC(=O)OC(C)(C)C.Nc1cnc(C2CCNCC2)cn1. The van der Waals surface area contributed by atoms with E-state index in [1.54, 1.807) is 12.4 Å². The number of esters is 1. The lowest BCUT2D eigenvalue weighted by molar-refractivity contribution is -0.151. The molecule has 1 aliphatic rings. The molecule has 0 radical (unpaired) electrons. The Hall–Kier alpha value is -1.69. The molecule has 21 heavy (non-hydrogen) atoms. The van der Waals surface area contributed by atoms with Crippen LogP contribution in [0.4, 0.5) is 5.82 Å². The van der Waals surface area contributed by atoms with Crippen LogP contribution in [0.25, 0.3) is 0 Å². The second-order valence-electron chi connectivity index (χ2n) is 6.10. The van der Waals surface area contributed by atoms with E-state index in [4.69, 9.17) is 10.5 Å². The minimum atomic E-state index is -0.328. The molecule has 0 atom stereocenters. The number of ether oxygens (including phenoxy) is 1. The molecule has 118 valence electrons. The molecule has 0 unspecified atom stereocenters. The maximum Gasteiger partial charge on any atom is 0.303 e. The van der Waals surface area contributed by atoms with Crippen LogP contribution < -0.4 is 11.1 Å². The number of nitrogens with two attached hydrogens (primary N) is 1. The average molecular weight is 294 g/mol. The number of hydrogen-bond donors (Lipinski definition) is 2. The first-order valence-corrected chi connectivity index (χ1v) is 7.25. The lowest BCUT2D eigenvalue weighted by Crippen LogP contribution is -2.27. The number of nitrogens with zero attached hydrogens (tertiary/aromatic N) is 2. The molecule has 2 heterocycles. The van der Waals surface area contributed by atoms with Gasteiger partial charge in [0.2, 0.25) is 0 Å². The summed E-state index contributed by atoms with van der Waals surface area (Å²) in [5.41, 5.74) is 6.22. The van der Waals surface area contributed by atoms with E-state index in [1.165, 1.54) is 6.92 Å².